The summed E-state index contributed by atoms with van der Waals surface area (Å²) in [5, 5.41) is 19.9. The maximum atomic E-state index is 13.5. The highest BCUT2D eigenvalue weighted by Crippen LogP contribution is 2.30. The third-order valence-corrected chi connectivity index (χ3v) is 8.48. The van der Waals surface area contributed by atoms with E-state index < -0.39 is 12.1 Å². The minimum atomic E-state index is -0.886. The predicted molar refractivity (Wildman–Crippen MR) is 239 cm³/mol. The van der Waals surface area contributed by atoms with Crippen LogP contribution in [0.2, 0.25) is 0 Å². The van der Waals surface area contributed by atoms with Gasteiger partial charge in [0.05, 0.1) is 151 Å². The van der Waals surface area contributed by atoms with Gasteiger partial charge in [0.25, 0.3) is 5.91 Å². The number of carbonyl (C=O) groups is 3. The third kappa shape index (κ3) is 28.8. The molecular weight excluding hydrogens is 856 g/mol. The molecule has 1 aliphatic rings. The fourth-order valence-electron chi connectivity index (χ4n) is 5.32. The van der Waals surface area contributed by atoms with Gasteiger partial charge in [0.1, 0.15) is 12.4 Å². The summed E-state index contributed by atoms with van der Waals surface area (Å²) in [6, 6.07) is 5.35. The Morgan fingerprint density at radius 1 is 0.723 bits per heavy atom. The largest absolute Gasteiger partial charge is 0.481 e. The Balaban J connectivity index is 1.34. The van der Waals surface area contributed by atoms with Crippen LogP contribution in [0.3, 0.4) is 0 Å². The fraction of sp³-hybridized carbons (Fsp3) is 0.651. The zero-order valence-electron chi connectivity index (χ0n) is 37.7. The molecule has 0 saturated carbocycles. The molecule has 65 heavy (non-hydrogen) atoms. The maximum Gasteiger partial charge on any atom is 0.407 e. The monoisotopic (exact) mass is 926 g/mol. The highest BCUT2D eigenvalue weighted by molar-refractivity contribution is 6.09. The van der Waals surface area contributed by atoms with E-state index in [0.717, 1.165) is 6.21 Å². The number of carbonyl (C=O) groups excluding carboxylic acids is 2. The minimum absolute atomic E-state index is 0.0164. The average Bonchev–Trinajstić information content (AvgIpc) is 3.46. The molecule has 0 spiro atoms. The number of fused-ring (bicyclic) bond motifs is 1. The number of ether oxygens (including phenoxy) is 11. The quantitative estimate of drug-likeness (QED) is 0.0356. The van der Waals surface area contributed by atoms with Crippen LogP contribution in [0.25, 0.3) is 11.6 Å². The second-order valence-electron chi connectivity index (χ2n) is 13.6. The molecule has 0 fully saturated rings. The summed E-state index contributed by atoms with van der Waals surface area (Å²) in [6.07, 6.45) is 4.32. The number of nitrogens with zero attached hydrogens (tertiary/aromatic N) is 2. The first kappa shape index (κ1) is 56.5. The van der Waals surface area contributed by atoms with Crippen LogP contribution in [-0.4, -0.2) is 199 Å². The van der Waals surface area contributed by atoms with E-state index in [2.05, 4.69) is 10.3 Å². The molecule has 368 valence electrons. The van der Waals surface area contributed by atoms with Gasteiger partial charge in [-0.1, -0.05) is 19.1 Å². The van der Waals surface area contributed by atoms with E-state index in [4.69, 9.17) is 78.9 Å². The molecule has 0 aromatic heterocycles. The highest BCUT2D eigenvalue weighted by atomic mass is 16.7. The van der Waals surface area contributed by atoms with Gasteiger partial charge in [0, 0.05) is 48.6 Å². The number of carboxylic acids is 1. The predicted octanol–water partition coefficient (Wildman–Crippen LogP) is 1.95. The lowest BCUT2D eigenvalue weighted by atomic mass is 10.0. The Kier molecular flexibility index (Phi) is 33.6. The first-order valence-corrected chi connectivity index (χ1v) is 21.7. The van der Waals surface area contributed by atoms with Crippen molar-refractivity contribution in [3.8, 4) is 0 Å². The lowest BCUT2D eigenvalue weighted by Crippen LogP contribution is -2.37. The normalized spacial score (nSPS) is 12.5. The summed E-state index contributed by atoms with van der Waals surface area (Å²) in [5.74, 6) is -0.991. The van der Waals surface area contributed by atoms with E-state index in [0.29, 0.717) is 160 Å². The number of amidine groups is 1. The van der Waals surface area contributed by atoms with Gasteiger partial charge >= 0.3 is 12.1 Å². The van der Waals surface area contributed by atoms with Crippen LogP contribution in [0.5, 0.6) is 0 Å². The standard InChI is InChI=1S/C43H70N6O16/c1-2-7-49(42(52)37-30-36-4-3-35(38(33-44)34-45)31-39(36)48-40(46)32-37)65-9-6-47-43(53)64-29-28-63-27-26-62-25-24-61-23-22-60-21-20-59-19-18-58-17-16-57-15-14-56-13-12-55-11-10-54-8-5-41(50)51/h3-4,30-31,33-34,44H,2,5-29,32,45H2,1H3,(H2,46,48)(H,47,53)(H,50,51)/b38-34+,44-33?. The smallest absolute Gasteiger partial charge is 0.407 e. The van der Waals surface area contributed by atoms with Crippen molar-refractivity contribution in [2.45, 2.75) is 26.2 Å². The first-order valence-electron chi connectivity index (χ1n) is 21.7. The van der Waals surface area contributed by atoms with E-state index in [1.54, 1.807) is 24.3 Å². The maximum absolute atomic E-state index is 13.5. The zero-order valence-corrected chi connectivity index (χ0v) is 37.7. The molecular formula is C43H70N6O16. The van der Waals surface area contributed by atoms with Crippen LogP contribution in [0.15, 0.2) is 35.0 Å². The molecule has 0 unspecified atom stereocenters. The number of hydrogen-bond acceptors (Lipinski definition) is 19. The lowest BCUT2D eigenvalue weighted by molar-refractivity contribution is -0.181. The van der Waals surface area contributed by atoms with Crippen molar-refractivity contribution in [2.24, 2.45) is 16.5 Å². The summed E-state index contributed by atoms with van der Waals surface area (Å²) >= 11 is 0. The summed E-state index contributed by atoms with van der Waals surface area (Å²) in [7, 11) is 0. The van der Waals surface area contributed by atoms with Crippen molar-refractivity contribution in [3.63, 3.8) is 0 Å². The third-order valence-electron chi connectivity index (χ3n) is 8.48. The number of hydroxylamine groups is 2. The molecule has 1 aromatic carbocycles. The van der Waals surface area contributed by atoms with E-state index in [-0.39, 0.29) is 57.6 Å². The van der Waals surface area contributed by atoms with Crippen molar-refractivity contribution in [1.29, 1.82) is 5.41 Å². The van der Waals surface area contributed by atoms with Gasteiger partial charge in [-0.25, -0.2) is 14.9 Å². The van der Waals surface area contributed by atoms with Crippen molar-refractivity contribution in [1.82, 2.24) is 10.4 Å². The van der Waals surface area contributed by atoms with Gasteiger partial charge in [-0.2, -0.15) is 0 Å². The molecule has 0 saturated heterocycles. The van der Waals surface area contributed by atoms with Crippen LogP contribution in [0.4, 0.5) is 10.5 Å². The molecule has 22 nitrogen and oxygen atoms in total. The number of hydrogen-bond donors (Lipinski definition) is 5. The number of nitrogens with two attached hydrogens (primary N) is 2. The summed E-state index contributed by atoms with van der Waals surface area (Å²) in [4.78, 5) is 46.1. The van der Waals surface area contributed by atoms with Crippen LogP contribution in [0.1, 0.15) is 37.3 Å². The number of aliphatic carboxylic acids is 1. The number of benzene rings is 1. The van der Waals surface area contributed by atoms with Crippen molar-refractivity contribution >= 4 is 47.4 Å². The molecule has 0 bridgehead atoms. The Morgan fingerprint density at radius 2 is 1.18 bits per heavy atom. The molecule has 7 N–H and O–H groups in total. The SMILES string of the molecule is CCCN(OCCNC(=O)OCCOCCOCCOCCOCCOCCOCCOCCOCCOCCOCCC(=O)O)C(=O)C1=Cc2ccc(/C(C=N)=C/N)cc2N=C(N)C1. The summed E-state index contributed by atoms with van der Waals surface area (Å²) in [6.45, 7) is 10.4. The van der Waals surface area contributed by atoms with Crippen molar-refractivity contribution < 1.29 is 76.4 Å². The molecule has 0 aliphatic carbocycles. The van der Waals surface area contributed by atoms with Crippen molar-refractivity contribution in [2.75, 3.05) is 158 Å². The van der Waals surface area contributed by atoms with E-state index in [1.807, 2.05) is 6.92 Å². The van der Waals surface area contributed by atoms with Crippen molar-refractivity contribution in [3.05, 3.63) is 41.1 Å². The number of amides is 2. The highest BCUT2D eigenvalue weighted by Gasteiger charge is 2.22. The average molecular weight is 927 g/mol. The number of alkyl carbamates (subject to hydrolysis) is 1. The molecule has 1 aromatic rings. The molecule has 2 rings (SSSR count). The molecule has 22 heteroatoms. The number of carboxylic acid groups (broad SMARTS) is 1. The van der Waals surface area contributed by atoms with E-state index >= 15 is 0 Å². The summed E-state index contributed by atoms with van der Waals surface area (Å²) in [5.41, 5.74) is 14.7. The zero-order chi connectivity index (χ0) is 47.0. The Labute approximate surface area is 381 Å². The molecule has 1 heterocycles. The number of allylic oxidation sites excluding steroid dienone is 1. The number of rotatable bonds is 42. The van der Waals surface area contributed by atoms with E-state index in [1.165, 1.54) is 11.3 Å². The number of nitrogens with one attached hydrogen (secondary N) is 2. The van der Waals surface area contributed by atoms with E-state index in [9.17, 15) is 14.4 Å². The van der Waals surface area contributed by atoms with Gasteiger partial charge < -0.3 is 79.4 Å². The van der Waals surface area contributed by atoms with Gasteiger partial charge in [0.15, 0.2) is 0 Å². The van der Waals surface area contributed by atoms with Gasteiger partial charge in [-0.05, 0) is 24.1 Å². The molecule has 0 radical (unpaired) electrons. The number of aliphatic imine (C=N–C) groups is 1. The minimum Gasteiger partial charge on any atom is -0.481 e. The fourth-order valence-corrected chi connectivity index (χ4v) is 5.32. The molecule has 2 amide bonds. The van der Waals surface area contributed by atoms with Gasteiger partial charge in [-0.15, -0.1) is 0 Å². The lowest BCUT2D eigenvalue weighted by Gasteiger charge is -2.22. The Bertz CT molecular complexity index is 1570. The van der Waals surface area contributed by atoms with Crippen LogP contribution < -0.4 is 16.8 Å². The van der Waals surface area contributed by atoms with Crippen LogP contribution in [-0.2, 0) is 66.5 Å². The molecule has 1 aliphatic heterocycles. The summed E-state index contributed by atoms with van der Waals surface area (Å²) < 4.78 is 59.2. The van der Waals surface area contributed by atoms with Gasteiger partial charge in [0.2, 0.25) is 0 Å². The Morgan fingerprint density at radius 3 is 1.62 bits per heavy atom. The first-order chi connectivity index (χ1) is 31.8. The van der Waals surface area contributed by atoms with Gasteiger partial charge in [-0.3, -0.25) is 14.4 Å². The molecule has 0 atom stereocenters. The van der Waals surface area contributed by atoms with Crippen LogP contribution in [0, 0.1) is 5.41 Å². The topological polar surface area (TPSA) is 286 Å². The Hall–Kier alpha value is -4.59. The second kappa shape index (κ2) is 38.7. The second-order valence-corrected chi connectivity index (χ2v) is 13.6. The van der Waals surface area contributed by atoms with Crippen LogP contribution >= 0.6 is 0 Å².